The van der Waals surface area contributed by atoms with Gasteiger partial charge in [-0.3, -0.25) is 4.79 Å². The SMILES string of the molecule is C=C(C)/C=C1/OC(C)(C)C(=O)NC1C. The van der Waals surface area contributed by atoms with Gasteiger partial charge in [0.25, 0.3) is 5.91 Å². The van der Waals surface area contributed by atoms with E-state index in [1.54, 1.807) is 13.8 Å². The van der Waals surface area contributed by atoms with Crippen LogP contribution in [0.5, 0.6) is 0 Å². The van der Waals surface area contributed by atoms with Gasteiger partial charge in [-0.05, 0) is 33.8 Å². The van der Waals surface area contributed by atoms with Crippen molar-refractivity contribution in [2.45, 2.75) is 39.3 Å². The van der Waals surface area contributed by atoms with Gasteiger partial charge in [-0.25, -0.2) is 0 Å². The van der Waals surface area contributed by atoms with E-state index in [1.807, 2.05) is 19.9 Å². The summed E-state index contributed by atoms with van der Waals surface area (Å²) in [5, 5.41) is 2.85. The molecule has 1 aliphatic heterocycles. The van der Waals surface area contributed by atoms with Gasteiger partial charge in [-0.1, -0.05) is 12.2 Å². The third-order valence-corrected chi connectivity index (χ3v) is 2.08. The zero-order valence-electron chi connectivity index (χ0n) is 9.18. The highest BCUT2D eigenvalue weighted by molar-refractivity contribution is 5.85. The van der Waals surface area contributed by atoms with Crippen LogP contribution >= 0.6 is 0 Å². The maximum Gasteiger partial charge on any atom is 0.264 e. The van der Waals surface area contributed by atoms with E-state index >= 15 is 0 Å². The minimum absolute atomic E-state index is 0.0766. The molecule has 0 aliphatic carbocycles. The van der Waals surface area contributed by atoms with Crippen LogP contribution in [0.4, 0.5) is 0 Å². The van der Waals surface area contributed by atoms with Gasteiger partial charge in [0.2, 0.25) is 0 Å². The largest absolute Gasteiger partial charge is 0.480 e. The van der Waals surface area contributed by atoms with Crippen LogP contribution in [0.25, 0.3) is 0 Å². The average Bonchev–Trinajstić information content (AvgIpc) is 1.99. The predicted octanol–water partition coefficient (Wildman–Crippen LogP) is 1.76. The Labute approximate surface area is 84.8 Å². The Morgan fingerprint density at radius 2 is 2.21 bits per heavy atom. The maximum atomic E-state index is 11.5. The van der Waals surface area contributed by atoms with E-state index < -0.39 is 5.60 Å². The fourth-order valence-corrected chi connectivity index (χ4v) is 1.27. The van der Waals surface area contributed by atoms with Crippen molar-refractivity contribution in [1.82, 2.24) is 5.32 Å². The molecule has 0 bridgehead atoms. The number of carbonyl (C=O) groups excluding carboxylic acids is 1. The summed E-state index contributed by atoms with van der Waals surface area (Å²) in [4.78, 5) is 11.5. The number of hydrogen-bond acceptors (Lipinski definition) is 2. The van der Waals surface area contributed by atoms with Crippen molar-refractivity contribution in [3.8, 4) is 0 Å². The molecule has 1 N–H and O–H groups in total. The third-order valence-electron chi connectivity index (χ3n) is 2.08. The van der Waals surface area contributed by atoms with Crippen LogP contribution in [-0.2, 0) is 9.53 Å². The second-order valence-electron chi connectivity index (χ2n) is 4.20. The number of hydrogen-bond donors (Lipinski definition) is 1. The predicted molar refractivity (Wildman–Crippen MR) is 55.7 cm³/mol. The molecule has 0 aromatic rings. The molecule has 0 radical (unpaired) electrons. The van der Waals surface area contributed by atoms with Crippen molar-refractivity contribution in [3.63, 3.8) is 0 Å². The minimum Gasteiger partial charge on any atom is -0.480 e. The van der Waals surface area contributed by atoms with Gasteiger partial charge in [0.15, 0.2) is 5.60 Å². The summed E-state index contributed by atoms with van der Waals surface area (Å²) < 4.78 is 5.60. The lowest BCUT2D eigenvalue weighted by molar-refractivity contribution is -0.144. The first-order valence-corrected chi connectivity index (χ1v) is 4.70. The quantitative estimate of drug-likeness (QED) is 0.692. The summed E-state index contributed by atoms with van der Waals surface area (Å²) in [7, 11) is 0. The van der Waals surface area contributed by atoms with E-state index in [4.69, 9.17) is 4.74 Å². The normalized spacial score (nSPS) is 28.1. The molecule has 1 aliphatic rings. The van der Waals surface area contributed by atoms with E-state index in [-0.39, 0.29) is 11.9 Å². The van der Waals surface area contributed by atoms with Crippen LogP contribution in [0.3, 0.4) is 0 Å². The standard InChI is InChI=1S/C11H17NO2/c1-7(2)6-9-8(3)12-10(13)11(4,5)14-9/h6,8H,1H2,2-5H3,(H,12,13)/b9-6+. The number of allylic oxidation sites excluding steroid dienone is 2. The first-order chi connectivity index (χ1) is 6.33. The summed E-state index contributed by atoms with van der Waals surface area (Å²) in [5.74, 6) is 0.686. The number of carbonyl (C=O) groups is 1. The summed E-state index contributed by atoms with van der Waals surface area (Å²) in [5.41, 5.74) is 0.132. The van der Waals surface area contributed by atoms with Gasteiger partial charge in [0.1, 0.15) is 5.76 Å². The van der Waals surface area contributed by atoms with Crippen molar-refractivity contribution < 1.29 is 9.53 Å². The van der Waals surface area contributed by atoms with Crippen LogP contribution in [-0.4, -0.2) is 17.6 Å². The molecule has 1 atom stereocenters. The van der Waals surface area contributed by atoms with Crippen LogP contribution in [0.1, 0.15) is 27.7 Å². The van der Waals surface area contributed by atoms with E-state index in [1.165, 1.54) is 0 Å². The van der Waals surface area contributed by atoms with Gasteiger partial charge in [-0.15, -0.1) is 0 Å². The first kappa shape index (κ1) is 10.8. The Balaban J connectivity index is 2.91. The van der Waals surface area contributed by atoms with Crippen LogP contribution in [0, 0.1) is 0 Å². The topological polar surface area (TPSA) is 38.3 Å². The lowest BCUT2D eigenvalue weighted by Gasteiger charge is -2.35. The second-order valence-corrected chi connectivity index (χ2v) is 4.20. The Bertz CT molecular complexity index is 302. The third kappa shape index (κ3) is 2.16. The van der Waals surface area contributed by atoms with E-state index in [0.717, 1.165) is 11.3 Å². The summed E-state index contributed by atoms with van der Waals surface area (Å²) in [6.07, 6.45) is 1.85. The molecule has 0 aromatic heterocycles. The van der Waals surface area contributed by atoms with Gasteiger partial charge in [-0.2, -0.15) is 0 Å². The molecule has 0 spiro atoms. The highest BCUT2D eigenvalue weighted by Crippen LogP contribution is 2.23. The highest BCUT2D eigenvalue weighted by Gasteiger charge is 2.37. The Morgan fingerprint density at radius 3 is 2.71 bits per heavy atom. The average molecular weight is 195 g/mol. The van der Waals surface area contributed by atoms with Crippen molar-refractivity contribution >= 4 is 5.91 Å². The van der Waals surface area contributed by atoms with Crippen LogP contribution < -0.4 is 5.32 Å². The number of ether oxygens (including phenoxy) is 1. The van der Waals surface area contributed by atoms with Gasteiger partial charge < -0.3 is 10.1 Å². The van der Waals surface area contributed by atoms with E-state index in [0.29, 0.717) is 0 Å². The smallest absolute Gasteiger partial charge is 0.264 e. The summed E-state index contributed by atoms with van der Waals surface area (Å²) >= 11 is 0. The number of amides is 1. The van der Waals surface area contributed by atoms with E-state index in [9.17, 15) is 4.79 Å². The molecule has 0 saturated carbocycles. The van der Waals surface area contributed by atoms with Gasteiger partial charge in [0.05, 0.1) is 6.04 Å². The molecule has 1 unspecified atom stereocenters. The fourth-order valence-electron chi connectivity index (χ4n) is 1.27. The number of morpholine rings is 1. The molecular weight excluding hydrogens is 178 g/mol. The fraction of sp³-hybridized carbons (Fsp3) is 0.545. The summed E-state index contributed by atoms with van der Waals surface area (Å²) in [6.45, 7) is 11.1. The molecule has 3 nitrogen and oxygen atoms in total. The van der Waals surface area contributed by atoms with Gasteiger partial charge >= 0.3 is 0 Å². The zero-order valence-corrected chi connectivity index (χ0v) is 9.18. The van der Waals surface area contributed by atoms with E-state index in [2.05, 4.69) is 11.9 Å². The molecule has 1 amide bonds. The van der Waals surface area contributed by atoms with Gasteiger partial charge in [0, 0.05) is 0 Å². The lowest BCUT2D eigenvalue weighted by atomic mass is 10.0. The Kier molecular flexibility index (Phi) is 2.69. The molecule has 1 heterocycles. The monoisotopic (exact) mass is 195 g/mol. The lowest BCUT2D eigenvalue weighted by Crippen LogP contribution is -2.54. The molecule has 1 rings (SSSR count). The molecule has 1 fully saturated rings. The van der Waals surface area contributed by atoms with Crippen LogP contribution in [0.15, 0.2) is 24.0 Å². The molecular formula is C11H17NO2. The summed E-state index contributed by atoms with van der Waals surface area (Å²) in [6, 6.07) is -0.0766. The molecule has 1 saturated heterocycles. The van der Waals surface area contributed by atoms with Crippen molar-refractivity contribution in [2.24, 2.45) is 0 Å². The first-order valence-electron chi connectivity index (χ1n) is 4.70. The highest BCUT2D eigenvalue weighted by atomic mass is 16.5. The van der Waals surface area contributed by atoms with Crippen molar-refractivity contribution in [1.29, 1.82) is 0 Å². The van der Waals surface area contributed by atoms with Crippen molar-refractivity contribution in [3.05, 3.63) is 24.0 Å². The van der Waals surface area contributed by atoms with Crippen molar-refractivity contribution in [2.75, 3.05) is 0 Å². The number of nitrogens with one attached hydrogen (secondary N) is 1. The molecule has 78 valence electrons. The minimum atomic E-state index is -0.784. The number of rotatable bonds is 1. The van der Waals surface area contributed by atoms with Crippen LogP contribution in [0.2, 0.25) is 0 Å². The Hall–Kier alpha value is -1.25. The molecule has 3 heteroatoms. The molecule has 0 aromatic carbocycles. The zero-order chi connectivity index (χ0) is 10.9. The maximum absolute atomic E-state index is 11.5. The Morgan fingerprint density at radius 1 is 1.64 bits per heavy atom. The second kappa shape index (κ2) is 3.48. The molecule has 14 heavy (non-hydrogen) atoms.